The Morgan fingerprint density at radius 1 is 1.11 bits per heavy atom. The minimum atomic E-state index is -1.12. The Balaban J connectivity index is 2.11. The number of hydrogen-bond acceptors (Lipinski definition) is 3. The Hall–Kier alpha value is -2.86. The lowest BCUT2D eigenvalue weighted by Crippen LogP contribution is -2.16. The fourth-order valence-corrected chi connectivity index (χ4v) is 2.80. The standard InChI is InChI=1S/C21H20BrNO4/c1-3-5-16(6-4-2)27-17-10-7-14(8-11-17)20(24)23-19-12-9-15(22)13-18(19)21(25)26/h3-4,7-13,16H,1-2,5-6H2,(H,23,24)(H,25,26). The number of carbonyl (C=O) groups is 2. The molecule has 2 N–H and O–H groups in total. The Morgan fingerprint density at radius 3 is 2.30 bits per heavy atom. The van der Waals surface area contributed by atoms with E-state index in [4.69, 9.17) is 4.74 Å². The highest BCUT2D eigenvalue weighted by molar-refractivity contribution is 9.10. The van der Waals surface area contributed by atoms with Gasteiger partial charge >= 0.3 is 5.97 Å². The van der Waals surface area contributed by atoms with Crippen molar-refractivity contribution in [1.29, 1.82) is 0 Å². The molecular weight excluding hydrogens is 410 g/mol. The lowest BCUT2D eigenvalue weighted by molar-refractivity contribution is 0.0698. The number of anilines is 1. The van der Waals surface area contributed by atoms with E-state index in [9.17, 15) is 14.7 Å². The van der Waals surface area contributed by atoms with Crippen molar-refractivity contribution in [2.45, 2.75) is 18.9 Å². The van der Waals surface area contributed by atoms with E-state index in [1.54, 1.807) is 42.5 Å². The number of carbonyl (C=O) groups excluding carboxylic acids is 1. The lowest BCUT2D eigenvalue weighted by Gasteiger charge is -2.16. The first-order chi connectivity index (χ1) is 12.9. The second-order valence-electron chi connectivity index (χ2n) is 5.76. The first-order valence-electron chi connectivity index (χ1n) is 8.27. The lowest BCUT2D eigenvalue weighted by atomic mass is 10.1. The summed E-state index contributed by atoms with van der Waals surface area (Å²) < 4.78 is 6.47. The third-order valence-electron chi connectivity index (χ3n) is 3.74. The molecule has 0 saturated heterocycles. The summed E-state index contributed by atoms with van der Waals surface area (Å²) in [6, 6.07) is 11.3. The average Bonchev–Trinajstić information content (AvgIpc) is 2.64. The van der Waals surface area contributed by atoms with Gasteiger partial charge in [0, 0.05) is 22.9 Å². The van der Waals surface area contributed by atoms with E-state index >= 15 is 0 Å². The molecule has 0 fully saturated rings. The predicted molar refractivity (Wildman–Crippen MR) is 110 cm³/mol. The molecule has 0 radical (unpaired) electrons. The largest absolute Gasteiger partial charge is 0.490 e. The van der Waals surface area contributed by atoms with Crippen LogP contribution in [-0.4, -0.2) is 23.1 Å². The summed E-state index contributed by atoms with van der Waals surface area (Å²) in [5.74, 6) is -0.888. The van der Waals surface area contributed by atoms with E-state index in [0.717, 1.165) is 0 Å². The van der Waals surface area contributed by atoms with Gasteiger partial charge in [-0.2, -0.15) is 0 Å². The van der Waals surface area contributed by atoms with E-state index in [1.807, 2.05) is 0 Å². The molecule has 0 bridgehead atoms. The summed E-state index contributed by atoms with van der Waals surface area (Å²) in [5, 5.41) is 11.9. The summed E-state index contributed by atoms with van der Waals surface area (Å²) in [7, 11) is 0. The van der Waals surface area contributed by atoms with E-state index in [0.29, 0.717) is 28.6 Å². The molecule has 140 valence electrons. The molecule has 0 aliphatic carbocycles. The molecule has 0 saturated carbocycles. The van der Waals surface area contributed by atoms with E-state index in [2.05, 4.69) is 34.4 Å². The second kappa shape index (κ2) is 9.73. The molecule has 5 nitrogen and oxygen atoms in total. The minimum absolute atomic E-state index is 0.00868. The van der Waals surface area contributed by atoms with Gasteiger partial charge in [0.1, 0.15) is 11.9 Å². The summed E-state index contributed by atoms with van der Waals surface area (Å²) in [4.78, 5) is 23.8. The molecule has 2 rings (SSSR count). The van der Waals surface area contributed by atoms with E-state index in [1.165, 1.54) is 12.1 Å². The molecule has 1 amide bonds. The van der Waals surface area contributed by atoms with E-state index < -0.39 is 11.9 Å². The highest BCUT2D eigenvalue weighted by Crippen LogP contribution is 2.23. The van der Waals surface area contributed by atoms with Gasteiger partial charge in [-0.25, -0.2) is 4.79 Å². The maximum atomic E-state index is 12.4. The van der Waals surface area contributed by atoms with Crippen molar-refractivity contribution in [3.05, 3.63) is 83.4 Å². The minimum Gasteiger partial charge on any atom is -0.490 e. The molecule has 0 heterocycles. The number of carboxylic acid groups (broad SMARTS) is 1. The van der Waals surface area contributed by atoms with Gasteiger partial charge in [-0.1, -0.05) is 28.1 Å². The van der Waals surface area contributed by atoms with Crippen LogP contribution in [0.4, 0.5) is 5.69 Å². The van der Waals surface area contributed by atoms with Crippen LogP contribution in [0, 0.1) is 0 Å². The van der Waals surface area contributed by atoms with Crippen molar-refractivity contribution in [3.63, 3.8) is 0 Å². The third kappa shape index (κ3) is 5.82. The van der Waals surface area contributed by atoms with Gasteiger partial charge in [0.25, 0.3) is 5.91 Å². The SMILES string of the molecule is C=CCC(CC=C)Oc1ccc(C(=O)Nc2ccc(Br)cc2C(=O)O)cc1. The van der Waals surface area contributed by atoms with Crippen molar-refractivity contribution in [2.24, 2.45) is 0 Å². The summed E-state index contributed by atoms with van der Waals surface area (Å²) in [5.41, 5.74) is 0.632. The van der Waals surface area contributed by atoms with E-state index in [-0.39, 0.29) is 17.4 Å². The molecule has 0 spiro atoms. The van der Waals surface area contributed by atoms with Crippen LogP contribution < -0.4 is 10.1 Å². The Kier molecular flexibility index (Phi) is 7.37. The zero-order valence-electron chi connectivity index (χ0n) is 14.7. The molecule has 2 aromatic carbocycles. The molecule has 2 aromatic rings. The highest BCUT2D eigenvalue weighted by atomic mass is 79.9. The van der Waals surface area contributed by atoms with Crippen LogP contribution in [0.2, 0.25) is 0 Å². The molecule has 0 atom stereocenters. The predicted octanol–water partition coefficient (Wildman–Crippen LogP) is 5.30. The fourth-order valence-electron chi connectivity index (χ4n) is 2.44. The number of benzene rings is 2. The zero-order chi connectivity index (χ0) is 19.8. The molecule has 27 heavy (non-hydrogen) atoms. The number of nitrogens with one attached hydrogen (secondary N) is 1. The Labute approximate surface area is 166 Å². The molecule has 0 unspecified atom stereocenters. The van der Waals surface area contributed by atoms with Crippen molar-refractivity contribution < 1.29 is 19.4 Å². The molecule has 0 aromatic heterocycles. The number of halogens is 1. The van der Waals surface area contributed by atoms with Gasteiger partial charge < -0.3 is 15.2 Å². The summed E-state index contributed by atoms with van der Waals surface area (Å²) in [6.45, 7) is 7.43. The number of amides is 1. The Morgan fingerprint density at radius 2 is 1.74 bits per heavy atom. The average molecular weight is 430 g/mol. The normalized spacial score (nSPS) is 10.3. The van der Waals surface area contributed by atoms with Crippen LogP contribution >= 0.6 is 15.9 Å². The van der Waals surface area contributed by atoms with Crippen molar-refractivity contribution in [2.75, 3.05) is 5.32 Å². The van der Waals surface area contributed by atoms with Crippen molar-refractivity contribution in [3.8, 4) is 5.75 Å². The van der Waals surface area contributed by atoms with Crippen LogP contribution in [0.1, 0.15) is 33.6 Å². The number of rotatable bonds is 9. The monoisotopic (exact) mass is 429 g/mol. The van der Waals surface area contributed by atoms with Gasteiger partial charge in [-0.05, 0) is 42.5 Å². The third-order valence-corrected chi connectivity index (χ3v) is 4.23. The van der Waals surface area contributed by atoms with Crippen LogP contribution in [-0.2, 0) is 0 Å². The number of aromatic carboxylic acids is 1. The van der Waals surface area contributed by atoms with Crippen LogP contribution in [0.3, 0.4) is 0 Å². The first-order valence-corrected chi connectivity index (χ1v) is 9.06. The number of ether oxygens (including phenoxy) is 1. The van der Waals surface area contributed by atoms with Crippen LogP contribution in [0.15, 0.2) is 72.2 Å². The van der Waals surface area contributed by atoms with Gasteiger partial charge in [0.2, 0.25) is 0 Å². The maximum Gasteiger partial charge on any atom is 0.337 e. The highest BCUT2D eigenvalue weighted by Gasteiger charge is 2.14. The van der Waals surface area contributed by atoms with Gasteiger partial charge in [0.15, 0.2) is 0 Å². The van der Waals surface area contributed by atoms with Gasteiger partial charge in [0.05, 0.1) is 11.3 Å². The summed E-state index contributed by atoms with van der Waals surface area (Å²) >= 11 is 3.22. The maximum absolute atomic E-state index is 12.4. The summed E-state index contributed by atoms with van der Waals surface area (Å²) in [6.07, 6.45) is 4.90. The molecule has 0 aliphatic heterocycles. The smallest absolute Gasteiger partial charge is 0.337 e. The van der Waals surface area contributed by atoms with Gasteiger partial charge in [-0.3, -0.25) is 4.79 Å². The van der Waals surface area contributed by atoms with Crippen LogP contribution in [0.25, 0.3) is 0 Å². The van der Waals surface area contributed by atoms with Crippen LogP contribution in [0.5, 0.6) is 5.75 Å². The second-order valence-corrected chi connectivity index (χ2v) is 6.68. The van der Waals surface area contributed by atoms with Gasteiger partial charge in [-0.15, -0.1) is 13.2 Å². The zero-order valence-corrected chi connectivity index (χ0v) is 16.2. The Bertz CT molecular complexity index is 836. The fraction of sp³-hybridized carbons (Fsp3) is 0.143. The van der Waals surface area contributed by atoms with Crippen molar-refractivity contribution in [1.82, 2.24) is 0 Å². The number of carboxylic acids is 1. The number of hydrogen-bond donors (Lipinski definition) is 2. The topological polar surface area (TPSA) is 75.6 Å². The van der Waals surface area contributed by atoms with Crippen molar-refractivity contribution >= 4 is 33.5 Å². The quantitative estimate of drug-likeness (QED) is 0.530. The molecule has 6 heteroatoms. The molecule has 0 aliphatic rings. The molecular formula is C21H20BrNO4. The first kappa shape index (κ1) is 20.5.